The fourth-order valence-electron chi connectivity index (χ4n) is 3.09. The van der Waals surface area contributed by atoms with E-state index in [9.17, 15) is 5.11 Å². The van der Waals surface area contributed by atoms with E-state index in [0.717, 1.165) is 23.2 Å². The quantitative estimate of drug-likeness (QED) is 0.404. The van der Waals surface area contributed by atoms with Gasteiger partial charge in [0.15, 0.2) is 0 Å². The summed E-state index contributed by atoms with van der Waals surface area (Å²) >= 11 is 18.3. The van der Waals surface area contributed by atoms with E-state index in [1.807, 2.05) is 24.3 Å². The third-order valence-corrected chi connectivity index (χ3v) is 5.75. The van der Waals surface area contributed by atoms with Crippen molar-refractivity contribution in [2.75, 3.05) is 5.32 Å². The first kappa shape index (κ1) is 21.0. The molecule has 0 spiro atoms. The number of aliphatic hydroxyl groups excluding tert-OH is 1. The Hall–Kier alpha value is -1.71. The van der Waals surface area contributed by atoms with Gasteiger partial charge in [0.05, 0.1) is 22.2 Å². The molecule has 2 nitrogen and oxygen atoms in total. The first-order chi connectivity index (χ1) is 13.5. The summed E-state index contributed by atoms with van der Waals surface area (Å²) in [5.74, 6) is 0. The molecule has 0 heterocycles. The van der Waals surface area contributed by atoms with Gasteiger partial charge in [-0.25, -0.2) is 0 Å². The van der Waals surface area contributed by atoms with E-state index in [1.165, 1.54) is 5.56 Å². The monoisotopic (exact) mass is 433 g/mol. The van der Waals surface area contributed by atoms with E-state index in [4.69, 9.17) is 34.8 Å². The van der Waals surface area contributed by atoms with Crippen molar-refractivity contribution in [3.63, 3.8) is 0 Å². The molecule has 146 valence electrons. The number of aryl methyl sites for hydroxylation is 1. The average Bonchev–Trinajstić information content (AvgIpc) is 2.70. The number of rotatable bonds is 7. The van der Waals surface area contributed by atoms with Gasteiger partial charge in [-0.05, 0) is 59.5 Å². The molecule has 0 fully saturated rings. The molecule has 3 rings (SSSR count). The van der Waals surface area contributed by atoms with Gasteiger partial charge in [-0.1, -0.05) is 72.1 Å². The minimum atomic E-state index is -0.654. The van der Waals surface area contributed by atoms with Crippen molar-refractivity contribution < 1.29 is 5.11 Å². The van der Waals surface area contributed by atoms with Gasteiger partial charge in [0.25, 0.3) is 0 Å². The lowest BCUT2D eigenvalue weighted by atomic mass is 9.96. The molecule has 0 aliphatic heterocycles. The molecule has 28 heavy (non-hydrogen) atoms. The van der Waals surface area contributed by atoms with Crippen LogP contribution >= 0.6 is 34.8 Å². The van der Waals surface area contributed by atoms with Crippen molar-refractivity contribution in [1.29, 1.82) is 0 Å². The van der Waals surface area contributed by atoms with Crippen LogP contribution in [0.5, 0.6) is 0 Å². The molecule has 0 aromatic heterocycles. The van der Waals surface area contributed by atoms with Gasteiger partial charge in [-0.2, -0.15) is 0 Å². The highest BCUT2D eigenvalue weighted by Crippen LogP contribution is 2.33. The highest BCUT2D eigenvalue weighted by molar-refractivity contribution is 6.42. The normalized spacial score (nSPS) is 13.2. The van der Waals surface area contributed by atoms with Crippen LogP contribution in [0, 0.1) is 0 Å². The maximum atomic E-state index is 10.8. The predicted molar refractivity (Wildman–Crippen MR) is 120 cm³/mol. The molecule has 0 bridgehead atoms. The maximum absolute atomic E-state index is 10.8. The van der Waals surface area contributed by atoms with Crippen molar-refractivity contribution in [3.8, 4) is 0 Å². The van der Waals surface area contributed by atoms with Crippen molar-refractivity contribution in [3.05, 3.63) is 98.5 Å². The molecule has 3 aromatic rings. The molecule has 0 amide bonds. The smallest absolute Gasteiger partial charge is 0.0813 e. The number of halogens is 3. The maximum Gasteiger partial charge on any atom is 0.0813 e. The summed E-state index contributed by atoms with van der Waals surface area (Å²) in [6, 6.07) is 21.0. The number of nitrogens with one attached hydrogen (secondary N) is 1. The van der Waals surface area contributed by atoms with Gasteiger partial charge in [-0.15, -0.1) is 0 Å². The highest BCUT2D eigenvalue weighted by atomic mass is 35.5. The molecule has 0 aliphatic carbocycles. The first-order valence-electron chi connectivity index (χ1n) is 9.20. The van der Waals surface area contributed by atoms with Crippen molar-refractivity contribution >= 4 is 40.5 Å². The summed E-state index contributed by atoms with van der Waals surface area (Å²) in [6.07, 6.45) is 0.806. The minimum Gasteiger partial charge on any atom is -0.388 e. The number of aliphatic hydroxyl groups is 1. The van der Waals surface area contributed by atoms with Gasteiger partial charge in [0.2, 0.25) is 0 Å². The molecule has 2 N–H and O–H groups in total. The molecule has 5 heteroatoms. The lowest BCUT2D eigenvalue weighted by Crippen LogP contribution is -2.15. The van der Waals surface area contributed by atoms with Crippen LogP contribution in [-0.4, -0.2) is 5.11 Å². The fourth-order valence-corrected chi connectivity index (χ4v) is 3.52. The van der Waals surface area contributed by atoms with Gasteiger partial charge >= 0.3 is 0 Å². The number of hydrogen-bond acceptors (Lipinski definition) is 2. The molecule has 0 aliphatic rings. The number of hydrogen-bond donors (Lipinski definition) is 2. The summed E-state index contributed by atoms with van der Waals surface area (Å²) < 4.78 is 0. The van der Waals surface area contributed by atoms with Crippen LogP contribution in [0.25, 0.3) is 0 Å². The van der Waals surface area contributed by atoms with Crippen molar-refractivity contribution in [2.24, 2.45) is 0 Å². The summed E-state index contributed by atoms with van der Waals surface area (Å²) in [4.78, 5) is 0. The molecule has 2 atom stereocenters. The van der Waals surface area contributed by atoms with Crippen molar-refractivity contribution in [2.45, 2.75) is 31.9 Å². The SMILES string of the molecule is CCc1ccc(NC(CC(O)c2ccc(Cl)cc2)c2ccc(Cl)c(Cl)c2)cc1. The number of benzene rings is 3. The predicted octanol–water partition coefficient (Wildman–Crippen LogP) is 7.49. The average molecular weight is 435 g/mol. The Kier molecular flexibility index (Phi) is 7.25. The summed E-state index contributed by atoms with van der Waals surface area (Å²) in [5, 5.41) is 15.9. The minimum absolute atomic E-state index is 0.145. The summed E-state index contributed by atoms with van der Waals surface area (Å²) in [5.41, 5.74) is 4.04. The second kappa shape index (κ2) is 9.67. The molecule has 0 radical (unpaired) electrons. The summed E-state index contributed by atoms with van der Waals surface area (Å²) in [7, 11) is 0. The van der Waals surface area contributed by atoms with Gasteiger partial charge < -0.3 is 10.4 Å². The van der Waals surface area contributed by atoms with Crippen LogP contribution in [0.3, 0.4) is 0 Å². The van der Waals surface area contributed by atoms with E-state index in [1.54, 1.807) is 18.2 Å². The zero-order valence-electron chi connectivity index (χ0n) is 15.5. The van der Waals surface area contributed by atoms with E-state index < -0.39 is 6.10 Å². The second-order valence-electron chi connectivity index (χ2n) is 6.72. The Morgan fingerprint density at radius 3 is 2.07 bits per heavy atom. The standard InChI is InChI=1S/C23H22Cl3NO/c1-2-15-3-10-19(11-4-15)27-22(17-7-12-20(25)21(26)13-17)14-23(28)16-5-8-18(24)9-6-16/h3-13,22-23,27-28H,2,14H2,1H3. The Bertz CT molecular complexity index is 910. The fraction of sp³-hybridized carbons (Fsp3) is 0.217. The molecular formula is C23H22Cl3NO. The Balaban J connectivity index is 1.86. The largest absolute Gasteiger partial charge is 0.388 e. The van der Waals surface area contributed by atoms with Crippen LogP contribution in [0.2, 0.25) is 15.1 Å². The van der Waals surface area contributed by atoms with Crippen LogP contribution < -0.4 is 5.32 Å². The van der Waals surface area contributed by atoms with Crippen LogP contribution in [0.15, 0.2) is 66.7 Å². The lowest BCUT2D eigenvalue weighted by Gasteiger charge is -2.24. The summed E-state index contributed by atoms with van der Waals surface area (Å²) in [6.45, 7) is 2.13. The third kappa shape index (κ3) is 5.42. The van der Waals surface area contributed by atoms with Gasteiger partial charge in [-0.3, -0.25) is 0 Å². The lowest BCUT2D eigenvalue weighted by molar-refractivity contribution is 0.160. The Morgan fingerprint density at radius 2 is 1.46 bits per heavy atom. The zero-order chi connectivity index (χ0) is 20.1. The van der Waals surface area contributed by atoms with Gasteiger partial charge in [0, 0.05) is 17.1 Å². The Labute approximate surface area is 181 Å². The third-order valence-electron chi connectivity index (χ3n) is 4.76. The second-order valence-corrected chi connectivity index (χ2v) is 7.97. The van der Waals surface area contributed by atoms with Crippen LogP contribution in [0.1, 0.15) is 42.2 Å². The van der Waals surface area contributed by atoms with E-state index >= 15 is 0 Å². The van der Waals surface area contributed by atoms with Crippen LogP contribution in [-0.2, 0) is 6.42 Å². The molecule has 0 saturated heterocycles. The van der Waals surface area contributed by atoms with E-state index in [0.29, 0.717) is 21.5 Å². The van der Waals surface area contributed by atoms with Crippen molar-refractivity contribution in [1.82, 2.24) is 0 Å². The van der Waals surface area contributed by atoms with Crippen LogP contribution in [0.4, 0.5) is 5.69 Å². The Morgan fingerprint density at radius 1 is 0.821 bits per heavy atom. The van der Waals surface area contributed by atoms with Gasteiger partial charge in [0.1, 0.15) is 0 Å². The molecule has 0 saturated carbocycles. The highest BCUT2D eigenvalue weighted by Gasteiger charge is 2.19. The molecule has 2 unspecified atom stereocenters. The molecular weight excluding hydrogens is 413 g/mol. The molecule has 3 aromatic carbocycles. The topological polar surface area (TPSA) is 32.3 Å². The zero-order valence-corrected chi connectivity index (χ0v) is 17.8. The van der Waals surface area contributed by atoms with E-state index in [-0.39, 0.29) is 6.04 Å². The first-order valence-corrected chi connectivity index (χ1v) is 10.3. The van der Waals surface area contributed by atoms with E-state index in [2.05, 4.69) is 36.5 Å². The number of anilines is 1.